The summed E-state index contributed by atoms with van der Waals surface area (Å²) in [5, 5.41) is 7.67. The van der Waals surface area contributed by atoms with Gasteiger partial charge in [-0.05, 0) is 31.5 Å². The zero-order valence-corrected chi connectivity index (χ0v) is 14.8. The van der Waals surface area contributed by atoms with E-state index in [9.17, 15) is 0 Å². The SMILES string of the molecule is Cc1nc(CN2CCC[C@H](NCc3nc4ccccc4n3C)C2)no1. The van der Waals surface area contributed by atoms with Crippen LogP contribution in [0.4, 0.5) is 0 Å². The van der Waals surface area contributed by atoms with Crippen molar-refractivity contribution >= 4 is 11.0 Å². The Balaban J connectivity index is 1.36. The Morgan fingerprint density at radius 2 is 2.16 bits per heavy atom. The largest absolute Gasteiger partial charge is 0.340 e. The molecule has 0 radical (unpaired) electrons. The van der Waals surface area contributed by atoms with Crippen molar-refractivity contribution in [2.24, 2.45) is 7.05 Å². The van der Waals surface area contributed by atoms with Crippen molar-refractivity contribution in [3.05, 3.63) is 41.8 Å². The number of benzene rings is 1. The van der Waals surface area contributed by atoms with Gasteiger partial charge in [0.2, 0.25) is 5.89 Å². The van der Waals surface area contributed by atoms with Crippen LogP contribution in [0.25, 0.3) is 11.0 Å². The maximum Gasteiger partial charge on any atom is 0.223 e. The smallest absolute Gasteiger partial charge is 0.223 e. The van der Waals surface area contributed by atoms with Gasteiger partial charge in [0.1, 0.15) is 5.82 Å². The molecular weight excluding hydrogens is 316 g/mol. The second kappa shape index (κ2) is 6.93. The summed E-state index contributed by atoms with van der Waals surface area (Å²) < 4.78 is 7.24. The van der Waals surface area contributed by atoms with Crippen LogP contribution in [0.15, 0.2) is 28.8 Å². The highest BCUT2D eigenvalue weighted by Gasteiger charge is 2.21. The highest BCUT2D eigenvalue weighted by molar-refractivity contribution is 5.75. The van der Waals surface area contributed by atoms with Crippen molar-refractivity contribution in [2.45, 2.75) is 38.9 Å². The molecule has 7 nitrogen and oxygen atoms in total. The molecule has 1 N–H and O–H groups in total. The molecule has 0 aliphatic carbocycles. The van der Waals surface area contributed by atoms with Crippen LogP contribution in [0, 0.1) is 6.92 Å². The monoisotopic (exact) mass is 340 g/mol. The highest BCUT2D eigenvalue weighted by atomic mass is 16.5. The summed E-state index contributed by atoms with van der Waals surface area (Å²) in [6.07, 6.45) is 2.36. The van der Waals surface area contributed by atoms with Crippen molar-refractivity contribution in [1.82, 2.24) is 29.9 Å². The number of para-hydroxylation sites is 2. The molecule has 0 spiro atoms. The molecule has 1 saturated heterocycles. The molecule has 3 aromatic rings. The molecule has 4 rings (SSSR count). The van der Waals surface area contributed by atoms with Gasteiger partial charge in [-0.1, -0.05) is 17.3 Å². The lowest BCUT2D eigenvalue weighted by Gasteiger charge is -2.32. The van der Waals surface area contributed by atoms with Gasteiger partial charge in [-0.3, -0.25) is 4.90 Å². The molecule has 1 aliphatic rings. The minimum absolute atomic E-state index is 0.460. The van der Waals surface area contributed by atoms with Crippen molar-refractivity contribution in [3.63, 3.8) is 0 Å². The van der Waals surface area contributed by atoms with E-state index in [2.05, 4.69) is 50.2 Å². The number of piperidine rings is 1. The maximum atomic E-state index is 5.07. The first-order chi connectivity index (χ1) is 12.2. The lowest BCUT2D eigenvalue weighted by Crippen LogP contribution is -2.45. The number of likely N-dealkylation sites (tertiary alicyclic amines) is 1. The highest BCUT2D eigenvalue weighted by Crippen LogP contribution is 2.16. The summed E-state index contributed by atoms with van der Waals surface area (Å²) in [5.74, 6) is 2.48. The van der Waals surface area contributed by atoms with E-state index < -0.39 is 0 Å². The average molecular weight is 340 g/mol. The van der Waals surface area contributed by atoms with E-state index in [-0.39, 0.29) is 0 Å². The minimum atomic E-state index is 0.460. The molecule has 0 amide bonds. The van der Waals surface area contributed by atoms with Gasteiger partial charge < -0.3 is 14.4 Å². The predicted molar refractivity (Wildman–Crippen MR) is 94.9 cm³/mol. The predicted octanol–water partition coefficient (Wildman–Crippen LogP) is 2.02. The van der Waals surface area contributed by atoms with Gasteiger partial charge in [0.05, 0.1) is 24.1 Å². The first-order valence-electron chi connectivity index (χ1n) is 8.84. The lowest BCUT2D eigenvalue weighted by atomic mass is 10.1. The topological polar surface area (TPSA) is 72.0 Å². The second-order valence-corrected chi connectivity index (χ2v) is 6.76. The van der Waals surface area contributed by atoms with E-state index in [1.54, 1.807) is 0 Å². The molecule has 1 atom stereocenters. The fraction of sp³-hybridized carbons (Fsp3) is 0.500. The second-order valence-electron chi connectivity index (χ2n) is 6.76. The first-order valence-corrected chi connectivity index (χ1v) is 8.84. The number of hydrogen-bond acceptors (Lipinski definition) is 6. The molecule has 0 saturated carbocycles. The number of fused-ring (bicyclic) bond motifs is 1. The molecule has 132 valence electrons. The number of hydrogen-bond donors (Lipinski definition) is 1. The van der Waals surface area contributed by atoms with Gasteiger partial charge in [0, 0.05) is 26.6 Å². The molecule has 0 unspecified atom stereocenters. The lowest BCUT2D eigenvalue weighted by molar-refractivity contribution is 0.176. The van der Waals surface area contributed by atoms with Crippen LogP contribution >= 0.6 is 0 Å². The number of nitrogens with one attached hydrogen (secondary N) is 1. The summed E-state index contributed by atoms with van der Waals surface area (Å²) in [5.41, 5.74) is 2.23. The summed E-state index contributed by atoms with van der Waals surface area (Å²) >= 11 is 0. The van der Waals surface area contributed by atoms with E-state index in [0.717, 1.165) is 43.3 Å². The quantitative estimate of drug-likeness (QED) is 0.766. The Bertz CT molecular complexity index is 854. The number of nitrogens with zero attached hydrogens (tertiary/aromatic N) is 5. The third-order valence-corrected chi connectivity index (χ3v) is 4.87. The van der Waals surface area contributed by atoms with Gasteiger partial charge in [0.15, 0.2) is 5.82 Å². The molecule has 3 heterocycles. The summed E-state index contributed by atoms with van der Waals surface area (Å²) in [6, 6.07) is 8.72. The first kappa shape index (κ1) is 16.2. The third-order valence-electron chi connectivity index (χ3n) is 4.87. The van der Waals surface area contributed by atoms with Gasteiger partial charge in [-0.2, -0.15) is 4.98 Å². The van der Waals surface area contributed by atoms with Crippen LogP contribution < -0.4 is 5.32 Å². The Morgan fingerprint density at radius 3 is 2.96 bits per heavy atom. The van der Waals surface area contributed by atoms with Crippen LogP contribution in [-0.2, 0) is 20.1 Å². The molecule has 1 aliphatic heterocycles. The van der Waals surface area contributed by atoms with Crippen molar-refractivity contribution < 1.29 is 4.52 Å². The molecule has 2 aromatic heterocycles. The molecular formula is C18H24N6O. The molecule has 7 heteroatoms. The Morgan fingerprint density at radius 1 is 1.28 bits per heavy atom. The van der Waals surface area contributed by atoms with E-state index >= 15 is 0 Å². The standard InChI is InChI=1S/C18H24N6O/c1-13-20-17(22-25-13)12-24-9-5-6-14(11-24)19-10-18-21-15-7-3-4-8-16(15)23(18)2/h3-4,7-8,14,19H,5-6,9-12H2,1-2H3/t14-/m0/s1. The third kappa shape index (κ3) is 3.57. The average Bonchev–Trinajstić information content (AvgIpc) is 3.17. The molecule has 25 heavy (non-hydrogen) atoms. The van der Waals surface area contributed by atoms with E-state index in [1.807, 2.05) is 13.0 Å². The summed E-state index contributed by atoms with van der Waals surface area (Å²) in [7, 11) is 2.08. The zero-order chi connectivity index (χ0) is 17.2. The van der Waals surface area contributed by atoms with E-state index in [4.69, 9.17) is 9.51 Å². The van der Waals surface area contributed by atoms with Crippen molar-refractivity contribution in [1.29, 1.82) is 0 Å². The van der Waals surface area contributed by atoms with Crippen LogP contribution in [0.3, 0.4) is 0 Å². The van der Waals surface area contributed by atoms with Crippen LogP contribution in [0.2, 0.25) is 0 Å². The fourth-order valence-electron chi connectivity index (χ4n) is 3.56. The number of imidazole rings is 1. The van der Waals surface area contributed by atoms with Crippen LogP contribution in [0.1, 0.15) is 30.4 Å². The fourth-order valence-corrected chi connectivity index (χ4v) is 3.56. The van der Waals surface area contributed by atoms with Crippen LogP contribution in [-0.4, -0.2) is 43.7 Å². The number of rotatable bonds is 5. The number of aromatic nitrogens is 4. The van der Waals surface area contributed by atoms with Crippen molar-refractivity contribution in [2.75, 3.05) is 13.1 Å². The Labute approximate surface area is 147 Å². The number of aryl methyl sites for hydroxylation is 2. The van der Waals surface area contributed by atoms with Gasteiger partial charge in [0.25, 0.3) is 0 Å². The maximum absolute atomic E-state index is 5.07. The van der Waals surface area contributed by atoms with E-state index in [0.29, 0.717) is 11.9 Å². The zero-order valence-electron chi connectivity index (χ0n) is 14.8. The normalized spacial score (nSPS) is 18.9. The van der Waals surface area contributed by atoms with Gasteiger partial charge in [-0.25, -0.2) is 4.98 Å². The molecule has 1 aromatic carbocycles. The summed E-state index contributed by atoms with van der Waals surface area (Å²) in [6.45, 7) is 5.44. The molecule has 0 bridgehead atoms. The summed E-state index contributed by atoms with van der Waals surface area (Å²) in [4.78, 5) is 11.4. The Kier molecular flexibility index (Phi) is 4.50. The Hall–Kier alpha value is -2.25. The van der Waals surface area contributed by atoms with E-state index in [1.165, 1.54) is 18.4 Å². The van der Waals surface area contributed by atoms with Crippen molar-refractivity contribution in [3.8, 4) is 0 Å². The van der Waals surface area contributed by atoms with Gasteiger partial charge >= 0.3 is 0 Å². The van der Waals surface area contributed by atoms with Crippen LogP contribution in [0.5, 0.6) is 0 Å². The van der Waals surface area contributed by atoms with Gasteiger partial charge in [-0.15, -0.1) is 0 Å². The molecule has 1 fully saturated rings. The minimum Gasteiger partial charge on any atom is -0.340 e.